The Morgan fingerprint density at radius 1 is 0.969 bits per heavy atom. The molecule has 1 unspecified atom stereocenters. The lowest BCUT2D eigenvalue weighted by Gasteiger charge is -2.21. The summed E-state index contributed by atoms with van der Waals surface area (Å²) in [5.74, 6) is -1.14. The number of fused-ring (bicyclic) bond motifs is 1. The van der Waals surface area contributed by atoms with E-state index < -0.39 is 11.7 Å². The van der Waals surface area contributed by atoms with E-state index >= 15 is 0 Å². The van der Waals surface area contributed by atoms with Gasteiger partial charge in [-0.1, -0.05) is 18.2 Å². The average molecular weight is 425 g/mol. The Bertz CT molecular complexity index is 1280. The normalized spacial score (nSPS) is 15.3. The van der Waals surface area contributed by atoms with Crippen LogP contribution in [0.3, 0.4) is 0 Å². The van der Waals surface area contributed by atoms with Gasteiger partial charge < -0.3 is 10.3 Å². The summed E-state index contributed by atoms with van der Waals surface area (Å²) >= 11 is 0. The minimum atomic E-state index is -0.492. The van der Waals surface area contributed by atoms with Gasteiger partial charge >= 0.3 is 0 Å². The summed E-state index contributed by atoms with van der Waals surface area (Å²) in [6.45, 7) is 0. The van der Waals surface area contributed by atoms with Crippen molar-refractivity contribution >= 4 is 22.9 Å². The second-order valence-corrected chi connectivity index (χ2v) is 7.85. The van der Waals surface area contributed by atoms with Crippen LogP contribution >= 0.6 is 0 Å². The molecule has 0 saturated heterocycles. The number of nitrogens with zero attached hydrogens (tertiary/aromatic N) is 1. The van der Waals surface area contributed by atoms with Gasteiger partial charge in [0.2, 0.25) is 0 Å². The summed E-state index contributed by atoms with van der Waals surface area (Å²) in [5, 5.41) is 3.39. The van der Waals surface area contributed by atoms with Crippen molar-refractivity contribution < 1.29 is 14.0 Å². The SMILES string of the molecule is O=C1CC(C(=O)c2ccc(F)cc2)Cc2[nH]c(-c3ccncc3)c(Nc3ccccc3)c21. The van der Waals surface area contributed by atoms with Gasteiger partial charge in [-0.25, -0.2) is 4.39 Å². The lowest BCUT2D eigenvalue weighted by Crippen LogP contribution is -2.26. The van der Waals surface area contributed by atoms with E-state index in [1.165, 1.54) is 24.3 Å². The van der Waals surface area contributed by atoms with Crippen LogP contribution in [0.15, 0.2) is 79.1 Å². The molecule has 6 heteroatoms. The number of aromatic amines is 1. The number of nitrogens with one attached hydrogen (secondary N) is 2. The highest BCUT2D eigenvalue weighted by molar-refractivity contribution is 6.11. The summed E-state index contributed by atoms with van der Waals surface area (Å²) in [5.41, 5.74) is 4.97. The number of anilines is 2. The van der Waals surface area contributed by atoms with Gasteiger partial charge in [-0.3, -0.25) is 14.6 Å². The molecule has 1 aliphatic rings. The fourth-order valence-electron chi connectivity index (χ4n) is 4.22. The van der Waals surface area contributed by atoms with Crippen LogP contribution in [0.5, 0.6) is 0 Å². The van der Waals surface area contributed by atoms with E-state index in [2.05, 4.69) is 15.3 Å². The van der Waals surface area contributed by atoms with Gasteiger partial charge in [0, 0.05) is 47.2 Å². The maximum atomic E-state index is 13.3. The zero-order valence-corrected chi connectivity index (χ0v) is 17.1. The van der Waals surface area contributed by atoms with Crippen LogP contribution in [-0.4, -0.2) is 21.5 Å². The minimum Gasteiger partial charge on any atom is -0.356 e. The molecule has 32 heavy (non-hydrogen) atoms. The van der Waals surface area contributed by atoms with Gasteiger partial charge in [-0.15, -0.1) is 0 Å². The second kappa shape index (κ2) is 8.23. The van der Waals surface area contributed by atoms with E-state index in [0.29, 0.717) is 23.2 Å². The third-order valence-electron chi connectivity index (χ3n) is 5.75. The van der Waals surface area contributed by atoms with Crippen molar-refractivity contribution in [2.45, 2.75) is 12.8 Å². The van der Waals surface area contributed by atoms with E-state index in [0.717, 1.165) is 22.6 Å². The molecule has 0 fully saturated rings. The summed E-state index contributed by atoms with van der Waals surface area (Å²) < 4.78 is 13.3. The monoisotopic (exact) mass is 425 g/mol. The largest absolute Gasteiger partial charge is 0.356 e. The number of H-pyrrole nitrogens is 1. The Morgan fingerprint density at radius 3 is 2.41 bits per heavy atom. The fourth-order valence-corrected chi connectivity index (χ4v) is 4.22. The van der Waals surface area contributed by atoms with Crippen molar-refractivity contribution in [3.8, 4) is 11.3 Å². The molecule has 0 bridgehead atoms. The number of hydrogen-bond acceptors (Lipinski definition) is 4. The standard InChI is InChI=1S/C26H20FN3O2/c27-19-8-6-17(7-9-19)26(32)18-14-21-23(22(31)15-18)25(29-20-4-2-1-3-5-20)24(30-21)16-10-12-28-13-11-16/h1-13,18,29-30H,14-15H2. The van der Waals surface area contributed by atoms with Crippen LogP contribution < -0.4 is 5.32 Å². The highest BCUT2D eigenvalue weighted by Gasteiger charge is 2.35. The maximum Gasteiger partial charge on any atom is 0.167 e. The number of benzene rings is 2. The summed E-state index contributed by atoms with van der Waals surface area (Å²) in [4.78, 5) is 33.7. The number of carbonyl (C=O) groups is 2. The van der Waals surface area contributed by atoms with Crippen molar-refractivity contribution in [3.63, 3.8) is 0 Å². The predicted octanol–water partition coefficient (Wildman–Crippen LogP) is 5.59. The summed E-state index contributed by atoms with van der Waals surface area (Å²) in [7, 11) is 0. The second-order valence-electron chi connectivity index (χ2n) is 7.85. The molecule has 0 spiro atoms. The molecule has 4 aromatic rings. The van der Waals surface area contributed by atoms with Gasteiger partial charge in [0.1, 0.15) is 5.82 Å². The van der Waals surface area contributed by atoms with Crippen molar-refractivity contribution in [1.82, 2.24) is 9.97 Å². The van der Waals surface area contributed by atoms with E-state index in [4.69, 9.17) is 0 Å². The number of para-hydroxylation sites is 1. The Kier molecular flexibility index (Phi) is 5.11. The zero-order valence-electron chi connectivity index (χ0n) is 17.1. The first-order valence-electron chi connectivity index (χ1n) is 10.4. The number of aromatic nitrogens is 2. The Labute approximate surface area is 184 Å². The number of pyridine rings is 1. The first-order chi connectivity index (χ1) is 15.6. The van der Waals surface area contributed by atoms with Crippen LogP contribution in [0.1, 0.15) is 32.8 Å². The van der Waals surface area contributed by atoms with E-state index in [1.807, 2.05) is 42.5 Å². The van der Waals surface area contributed by atoms with Crippen LogP contribution in [0.25, 0.3) is 11.3 Å². The Hall–Kier alpha value is -4.06. The number of hydrogen-bond donors (Lipinski definition) is 2. The molecular formula is C26H20FN3O2. The molecule has 2 aromatic heterocycles. The van der Waals surface area contributed by atoms with Crippen LogP contribution in [0, 0.1) is 11.7 Å². The molecule has 158 valence electrons. The van der Waals surface area contributed by atoms with Crippen molar-refractivity contribution in [3.05, 3.63) is 102 Å². The molecule has 0 radical (unpaired) electrons. The van der Waals surface area contributed by atoms with Crippen LogP contribution in [0.2, 0.25) is 0 Å². The lowest BCUT2D eigenvalue weighted by molar-refractivity contribution is 0.0838. The first kappa shape index (κ1) is 19.9. The Balaban J connectivity index is 1.55. The van der Waals surface area contributed by atoms with E-state index in [9.17, 15) is 14.0 Å². The number of halogens is 1. The van der Waals surface area contributed by atoms with Crippen LogP contribution in [0.4, 0.5) is 15.8 Å². The predicted molar refractivity (Wildman–Crippen MR) is 121 cm³/mol. The average Bonchev–Trinajstić information content (AvgIpc) is 3.19. The molecule has 2 N–H and O–H groups in total. The Morgan fingerprint density at radius 2 is 1.69 bits per heavy atom. The van der Waals surface area contributed by atoms with Gasteiger partial charge in [0.05, 0.1) is 16.9 Å². The number of Topliss-reactive ketones (excluding diaryl/α,β-unsaturated/α-hetero) is 2. The smallest absolute Gasteiger partial charge is 0.167 e. The molecule has 1 aliphatic carbocycles. The van der Waals surface area contributed by atoms with Gasteiger partial charge in [0.25, 0.3) is 0 Å². The van der Waals surface area contributed by atoms with Gasteiger partial charge in [0.15, 0.2) is 11.6 Å². The van der Waals surface area contributed by atoms with Crippen molar-refractivity contribution in [2.75, 3.05) is 5.32 Å². The highest BCUT2D eigenvalue weighted by Crippen LogP contribution is 2.40. The molecule has 0 amide bonds. The third-order valence-corrected chi connectivity index (χ3v) is 5.75. The molecule has 1 atom stereocenters. The molecule has 2 aromatic carbocycles. The van der Waals surface area contributed by atoms with Gasteiger partial charge in [-0.2, -0.15) is 0 Å². The molecule has 5 rings (SSSR count). The summed E-state index contributed by atoms with van der Waals surface area (Å²) in [6.07, 6.45) is 3.92. The molecule has 0 saturated carbocycles. The maximum absolute atomic E-state index is 13.3. The molecule has 5 nitrogen and oxygen atoms in total. The van der Waals surface area contributed by atoms with Crippen molar-refractivity contribution in [2.24, 2.45) is 5.92 Å². The van der Waals surface area contributed by atoms with Crippen LogP contribution in [-0.2, 0) is 6.42 Å². The number of ketones is 2. The van der Waals surface area contributed by atoms with E-state index in [1.54, 1.807) is 12.4 Å². The number of rotatable bonds is 5. The topological polar surface area (TPSA) is 74.8 Å². The first-order valence-corrected chi connectivity index (χ1v) is 10.4. The number of carbonyl (C=O) groups excluding carboxylic acids is 2. The summed E-state index contributed by atoms with van der Waals surface area (Å²) in [6, 6.07) is 18.9. The van der Waals surface area contributed by atoms with Crippen molar-refractivity contribution in [1.29, 1.82) is 0 Å². The van der Waals surface area contributed by atoms with Gasteiger partial charge in [-0.05, 0) is 55.0 Å². The quantitative estimate of drug-likeness (QED) is 0.409. The third kappa shape index (κ3) is 3.71. The molecular weight excluding hydrogens is 405 g/mol. The fraction of sp³-hybridized carbons (Fsp3) is 0.115. The lowest BCUT2D eigenvalue weighted by atomic mass is 9.82. The highest BCUT2D eigenvalue weighted by atomic mass is 19.1. The minimum absolute atomic E-state index is 0.0956. The molecule has 2 heterocycles. The molecule has 0 aliphatic heterocycles. The van der Waals surface area contributed by atoms with E-state index in [-0.39, 0.29) is 18.0 Å². The zero-order chi connectivity index (χ0) is 22.1.